The molecule has 0 spiro atoms. The van der Waals surface area contributed by atoms with Crippen LogP contribution in [0.4, 0.5) is 5.69 Å². The summed E-state index contributed by atoms with van der Waals surface area (Å²) in [4.78, 5) is 21.4. The highest BCUT2D eigenvalue weighted by Crippen LogP contribution is 2.24. The largest absolute Gasteiger partial charge is 0.339 e. The predicted molar refractivity (Wildman–Crippen MR) is 105 cm³/mol. The number of carbonyl (C=O) groups is 1. The fourth-order valence-electron chi connectivity index (χ4n) is 2.91. The number of nitrogens with two attached hydrogens (primary N) is 1. The average molecular weight is 376 g/mol. The minimum Gasteiger partial charge on any atom is -0.339 e. The molecule has 1 atom stereocenters. The summed E-state index contributed by atoms with van der Waals surface area (Å²) in [5, 5.41) is 6.96. The Hall–Kier alpha value is -3.52. The van der Waals surface area contributed by atoms with Gasteiger partial charge in [0.25, 0.3) is 5.91 Å². The second-order valence-corrected chi connectivity index (χ2v) is 6.75. The van der Waals surface area contributed by atoms with Crippen LogP contribution in [0.1, 0.15) is 28.9 Å². The van der Waals surface area contributed by atoms with Gasteiger partial charge in [0, 0.05) is 29.9 Å². The van der Waals surface area contributed by atoms with E-state index < -0.39 is 0 Å². The van der Waals surface area contributed by atoms with Gasteiger partial charge in [0.1, 0.15) is 11.3 Å². The highest BCUT2D eigenvalue weighted by atomic mass is 16.5. The number of pyridine rings is 1. The second-order valence-electron chi connectivity index (χ2n) is 6.75. The van der Waals surface area contributed by atoms with E-state index in [9.17, 15) is 4.79 Å². The van der Waals surface area contributed by atoms with Gasteiger partial charge in [0.05, 0.1) is 6.20 Å². The predicted octanol–water partition coefficient (Wildman–Crippen LogP) is 2.83. The molecule has 8 heteroatoms. The molecule has 1 aromatic carbocycles. The van der Waals surface area contributed by atoms with E-state index >= 15 is 0 Å². The lowest BCUT2D eigenvalue weighted by atomic mass is 10.1. The number of hydrogen-bond acceptors (Lipinski definition) is 6. The quantitative estimate of drug-likeness (QED) is 0.554. The molecule has 3 N–H and O–H groups in total. The average Bonchev–Trinajstić information content (AvgIpc) is 3.30. The van der Waals surface area contributed by atoms with Crippen molar-refractivity contribution in [3.63, 3.8) is 0 Å². The number of anilines is 1. The smallest absolute Gasteiger partial charge is 0.274 e. The summed E-state index contributed by atoms with van der Waals surface area (Å²) in [6.45, 7) is 3.80. The Morgan fingerprint density at radius 3 is 3.00 bits per heavy atom. The van der Waals surface area contributed by atoms with Crippen molar-refractivity contribution in [1.82, 2.24) is 19.5 Å². The van der Waals surface area contributed by atoms with Crippen molar-refractivity contribution in [3.05, 3.63) is 65.9 Å². The van der Waals surface area contributed by atoms with Gasteiger partial charge >= 0.3 is 0 Å². The van der Waals surface area contributed by atoms with Crippen LogP contribution in [0.15, 0.2) is 53.3 Å². The molecule has 0 bridgehead atoms. The maximum absolute atomic E-state index is 12.8. The van der Waals surface area contributed by atoms with Crippen LogP contribution in [-0.2, 0) is 6.42 Å². The zero-order valence-electron chi connectivity index (χ0n) is 15.6. The minimum atomic E-state index is -0.246. The highest BCUT2D eigenvalue weighted by Gasteiger charge is 2.15. The number of rotatable bonds is 5. The molecule has 28 heavy (non-hydrogen) atoms. The number of nitrogens with one attached hydrogen (secondary N) is 1. The van der Waals surface area contributed by atoms with Crippen LogP contribution in [-0.4, -0.2) is 31.5 Å². The van der Waals surface area contributed by atoms with E-state index in [2.05, 4.69) is 20.4 Å². The number of benzene rings is 1. The van der Waals surface area contributed by atoms with Crippen molar-refractivity contribution in [3.8, 4) is 11.4 Å². The molecular formula is C20H20N6O2. The first-order valence-corrected chi connectivity index (χ1v) is 8.94. The van der Waals surface area contributed by atoms with Gasteiger partial charge < -0.3 is 15.6 Å². The van der Waals surface area contributed by atoms with E-state index in [0.29, 0.717) is 35.2 Å². The van der Waals surface area contributed by atoms with E-state index in [1.54, 1.807) is 16.8 Å². The minimum absolute atomic E-state index is 0.0633. The Morgan fingerprint density at radius 2 is 2.18 bits per heavy atom. The number of aryl methyl sites for hydroxylation is 1. The maximum atomic E-state index is 12.8. The van der Waals surface area contributed by atoms with Crippen molar-refractivity contribution in [1.29, 1.82) is 0 Å². The summed E-state index contributed by atoms with van der Waals surface area (Å²) < 4.78 is 6.99. The summed E-state index contributed by atoms with van der Waals surface area (Å²) >= 11 is 0. The van der Waals surface area contributed by atoms with Crippen molar-refractivity contribution in [2.75, 3.05) is 5.32 Å². The number of carbonyl (C=O) groups excluding carboxylic acids is 1. The first-order valence-electron chi connectivity index (χ1n) is 8.94. The summed E-state index contributed by atoms with van der Waals surface area (Å²) in [6.07, 6.45) is 3.87. The molecule has 0 fully saturated rings. The summed E-state index contributed by atoms with van der Waals surface area (Å²) in [5.41, 5.74) is 9.29. The summed E-state index contributed by atoms with van der Waals surface area (Å²) in [6, 6.07) is 11.1. The zero-order valence-corrected chi connectivity index (χ0v) is 15.6. The van der Waals surface area contributed by atoms with Gasteiger partial charge in [-0.15, -0.1) is 0 Å². The lowest BCUT2D eigenvalue weighted by Gasteiger charge is -2.09. The topological polar surface area (TPSA) is 111 Å². The number of hydrogen-bond donors (Lipinski definition) is 2. The Morgan fingerprint density at radius 1 is 1.32 bits per heavy atom. The molecule has 0 saturated heterocycles. The third-order valence-electron chi connectivity index (χ3n) is 4.36. The second kappa shape index (κ2) is 7.24. The van der Waals surface area contributed by atoms with Crippen LogP contribution in [0.25, 0.3) is 17.0 Å². The molecule has 1 amide bonds. The van der Waals surface area contributed by atoms with Crippen molar-refractivity contribution in [2.45, 2.75) is 26.3 Å². The summed E-state index contributed by atoms with van der Waals surface area (Å²) in [7, 11) is 0. The van der Waals surface area contributed by atoms with Crippen LogP contribution in [0.2, 0.25) is 0 Å². The maximum Gasteiger partial charge on any atom is 0.274 e. The zero-order chi connectivity index (χ0) is 19.7. The standard InChI is InChI=1S/C20H20N6O2/c1-12-6-7-14(19-24-18(28-25-19)9-13(2)21)10-15(12)23-20(27)16-11-22-17-5-3-4-8-26(16)17/h3-8,10-11,13H,9,21H2,1-2H3,(H,23,27). The molecule has 8 nitrogen and oxygen atoms in total. The molecule has 0 radical (unpaired) electrons. The van der Waals surface area contributed by atoms with E-state index in [4.69, 9.17) is 10.3 Å². The van der Waals surface area contributed by atoms with Gasteiger partial charge in [-0.25, -0.2) is 4.98 Å². The molecule has 1 unspecified atom stereocenters. The Balaban J connectivity index is 1.60. The molecule has 4 rings (SSSR count). The molecule has 0 aliphatic rings. The van der Waals surface area contributed by atoms with Crippen molar-refractivity contribution >= 4 is 17.2 Å². The van der Waals surface area contributed by atoms with E-state index in [1.165, 1.54) is 0 Å². The monoisotopic (exact) mass is 376 g/mol. The summed E-state index contributed by atoms with van der Waals surface area (Å²) in [5.74, 6) is 0.701. The van der Waals surface area contributed by atoms with E-state index in [-0.39, 0.29) is 11.9 Å². The number of fused-ring (bicyclic) bond motifs is 1. The first-order chi connectivity index (χ1) is 13.5. The lowest BCUT2D eigenvalue weighted by Crippen LogP contribution is -2.17. The molecule has 0 saturated carbocycles. The normalized spacial score (nSPS) is 12.2. The fourth-order valence-corrected chi connectivity index (χ4v) is 2.91. The lowest BCUT2D eigenvalue weighted by molar-refractivity contribution is 0.102. The van der Waals surface area contributed by atoms with Crippen LogP contribution in [0, 0.1) is 6.92 Å². The molecule has 0 aliphatic carbocycles. The first kappa shape index (κ1) is 17.9. The van der Waals surface area contributed by atoms with Crippen LogP contribution >= 0.6 is 0 Å². The Bertz CT molecular complexity index is 1140. The molecule has 4 aromatic rings. The van der Waals surface area contributed by atoms with Gasteiger partial charge in [0.2, 0.25) is 11.7 Å². The van der Waals surface area contributed by atoms with E-state index in [1.807, 2.05) is 50.2 Å². The highest BCUT2D eigenvalue weighted by molar-refractivity contribution is 6.04. The van der Waals surface area contributed by atoms with Gasteiger partial charge in [-0.3, -0.25) is 9.20 Å². The van der Waals surface area contributed by atoms with Gasteiger partial charge in [-0.1, -0.05) is 23.4 Å². The molecule has 142 valence electrons. The molecular weight excluding hydrogens is 356 g/mol. The number of nitrogens with zero attached hydrogens (tertiary/aromatic N) is 4. The van der Waals surface area contributed by atoms with Gasteiger partial charge in [-0.05, 0) is 37.6 Å². The fraction of sp³-hybridized carbons (Fsp3) is 0.200. The van der Waals surface area contributed by atoms with Crippen LogP contribution < -0.4 is 11.1 Å². The van der Waals surface area contributed by atoms with Crippen LogP contribution in [0.3, 0.4) is 0 Å². The van der Waals surface area contributed by atoms with Crippen LogP contribution in [0.5, 0.6) is 0 Å². The Kier molecular flexibility index (Phi) is 4.62. The molecule has 0 aliphatic heterocycles. The molecule has 3 aromatic heterocycles. The SMILES string of the molecule is Cc1ccc(-c2noc(CC(C)N)n2)cc1NC(=O)c1cnc2ccccn12. The third kappa shape index (κ3) is 3.49. The third-order valence-corrected chi connectivity index (χ3v) is 4.36. The molecule has 3 heterocycles. The van der Waals surface area contributed by atoms with Gasteiger partial charge in [-0.2, -0.15) is 4.98 Å². The van der Waals surface area contributed by atoms with E-state index in [0.717, 1.165) is 11.1 Å². The number of amides is 1. The number of imidazole rings is 1. The van der Waals surface area contributed by atoms with Crippen molar-refractivity contribution in [2.24, 2.45) is 5.73 Å². The van der Waals surface area contributed by atoms with Gasteiger partial charge in [0.15, 0.2) is 0 Å². The van der Waals surface area contributed by atoms with Crippen molar-refractivity contribution < 1.29 is 9.32 Å². The Labute approximate surface area is 161 Å². The number of aromatic nitrogens is 4.